The first-order valence-corrected chi connectivity index (χ1v) is 4.32. The van der Waals surface area contributed by atoms with Gasteiger partial charge in [-0.05, 0) is 0 Å². The van der Waals surface area contributed by atoms with Gasteiger partial charge < -0.3 is 9.47 Å². The van der Waals surface area contributed by atoms with Gasteiger partial charge in [-0.2, -0.15) is 0 Å². The Morgan fingerprint density at radius 3 is 1.67 bits per heavy atom. The second-order valence-corrected chi connectivity index (χ2v) is 2.78. The summed E-state index contributed by atoms with van der Waals surface area (Å²) in [5.41, 5.74) is 0. The van der Waals surface area contributed by atoms with Crippen LogP contribution < -0.4 is 0 Å². The van der Waals surface area contributed by atoms with Gasteiger partial charge in [0.1, 0.15) is 0 Å². The highest BCUT2D eigenvalue weighted by Gasteiger charge is 2.17. The highest BCUT2D eigenvalue weighted by molar-refractivity contribution is 6.35. The van der Waals surface area contributed by atoms with Crippen LogP contribution in [0.2, 0.25) is 0 Å². The van der Waals surface area contributed by atoms with Crippen LogP contribution in [0, 0.1) is 0 Å². The molecule has 0 bridgehead atoms. The fourth-order valence-electron chi connectivity index (χ4n) is 1.18. The Balaban J connectivity index is 2.06. The van der Waals surface area contributed by atoms with Gasteiger partial charge in [-0.3, -0.25) is 0 Å². The molecule has 0 aliphatic carbocycles. The van der Waals surface area contributed by atoms with Gasteiger partial charge in [0.05, 0.1) is 13.2 Å². The topological polar surface area (TPSA) is 43.2 Å². The molecule has 2 rings (SSSR count). The molecule has 0 amide bonds. The van der Waals surface area contributed by atoms with E-state index in [9.17, 15) is 0 Å². The maximum absolute atomic E-state index is 5.31. The Hall–Kier alpha value is -1.06. The first kappa shape index (κ1) is 7.58. The number of aliphatic imine (C=N–C) groups is 2. The average Bonchev–Trinajstić information content (AvgIpc) is 2.21. The van der Waals surface area contributed by atoms with Gasteiger partial charge in [-0.15, -0.1) is 0 Å². The van der Waals surface area contributed by atoms with E-state index in [-0.39, 0.29) is 0 Å². The molecule has 4 nitrogen and oxygen atoms in total. The van der Waals surface area contributed by atoms with Gasteiger partial charge in [0.2, 0.25) is 0 Å². The molecule has 0 fully saturated rings. The summed E-state index contributed by atoms with van der Waals surface area (Å²) in [5, 5.41) is 0. The molecule has 12 heavy (non-hydrogen) atoms. The average molecular weight is 168 g/mol. The summed E-state index contributed by atoms with van der Waals surface area (Å²) in [5.74, 6) is 1.20. The Morgan fingerprint density at radius 1 is 0.833 bits per heavy atom. The van der Waals surface area contributed by atoms with E-state index in [4.69, 9.17) is 9.47 Å². The van der Waals surface area contributed by atoms with E-state index in [2.05, 4.69) is 9.98 Å². The normalized spacial score (nSPS) is 23.3. The van der Waals surface area contributed by atoms with E-state index in [0.29, 0.717) is 11.8 Å². The molecule has 0 aromatic heterocycles. The lowest BCUT2D eigenvalue weighted by molar-refractivity contribution is 0.252. The van der Waals surface area contributed by atoms with Crippen LogP contribution in [0.25, 0.3) is 0 Å². The van der Waals surface area contributed by atoms with Crippen LogP contribution in [0.3, 0.4) is 0 Å². The summed E-state index contributed by atoms with van der Waals surface area (Å²) in [6.07, 6.45) is 1.99. The maximum Gasteiger partial charge on any atom is 0.273 e. The van der Waals surface area contributed by atoms with Crippen LogP contribution in [0.15, 0.2) is 9.98 Å². The first-order chi connectivity index (χ1) is 5.97. The van der Waals surface area contributed by atoms with Crippen molar-refractivity contribution in [1.82, 2.24) is 0 Å². The minimum Gasteiger partial charge on any atom is -0.474 e. The third kappa shape index (κ3) is 1.57. The van der Waals surface area contributed by atoms with Gasteiger partial charge >= 0.3 is 0 Å². The fraction of sp³-hybridized carbons (Fsp3) is 0.750. The van der Waals surface area contributed by atoms with Crippen LogP contribution >= 0.6 is 0 Å². The minimum atomic E-state index is 0.598. The molecule has 0 saturated heterocycles. The lowest BCUT2D eigenvalue weighted by Gasteiger charge is -2.18. The summed E-state index contributed by atoms with van der Waals surface area (Å²) in [6.45, 7) is 3.14. The number of rotatable bonds is 1. The largest absolute Gasteiger partial charge is 0.474 e. The summed E-state index contributed by atoms with van der Waals surface area (Å²) >= 11 is 0. The second kappa shape index (κ2) is 3.56. The van der Waals surface area contributed by atoms with Gasteiger partial charge in [-0.1, -0.05) is 0 Å². The van der Waals surface area contributed by atoms with E-state index < -0.39 is 0 Å². The van der Waals surface area contributed by atoms with Crippen molar-refractivity contribution in [3.8, 4) is 0 Å². The van der Waals surface area contributed by atoms with E-state index in [1.165, 1.54) is 0 Å². The quantitative estimate of drug-likeness (QED) is 0.576. The SMILES string of the molecule is C1CN=C(C2=NCCCO2)OC1. The fourth-order valence-corrected chi connectivity index (χ4v) is 1.18. The van der Waals surface area contributed by atoms with Crippen molar-refractivity contribution >= 4 is 11.8 Å². The molecule has 0 aromatic carbocycles. The van der Waals surface area contributed by atoms with Crippen molar-refractivity contribution in [3.63, 3.8) is 0 Å². The zero-order valence-electron chi connectivity index (χ0n) is 6.95. The third-order valence-corrected chi connectivity index (χ3v) is 1.78. The molecule has 0 atom stereocenters. The monoisotopic (exact) mass is 168 g/mol. The standard InChI is InChI=1S/C8H12N2O2/c1-3-9-7(11-5-1)8-10-4-2-6-12-8/h1-6H2. The Kier molecular flexibility index (Phi) is 2.25. The lowest BCUT2D eigenvalue weighted by atomic mass is 10.4. The third-order valence-electron chi connectivity index (χ3n) is 1.78. The van der Waals surface area contributed by atoms with Crippen molar-refractivity contribution < 1.29 is 9.47 Å². The molecule has 0 unspecified atom stereocenters. The Bertz CT molecular complexity index is 199. The van der Waals surface area contributed by atoms with Crippen LogP contribution in [0.4, 0.5) is 0 Å². The predicted molar refractivity (Wildman–Crippen MR) is 45.7 cm³/mol. The Morgan fingerprint density at radius 2 is 1.33 bits per heavy atom. The smallest absolute Gasteiger partial charge is 0.273 e. The van der Waals surface area contributed by atoms with E-state index in [0.717, 1.165) is 39.1 Å². The van der Waals surface area contributed by atoms with Crippen molar-refractivity contribution in [3.05, 3.63) is 0 Å². The lowest BCUT2D eigenvalue weighted by Crippen LogP contribution is -2.28. The zero-order valence-corrected chi connectivity index (χ0v) is 6.95. The van der Waals surface area contributed by atoms with E-state index >= 15 is 0 Å². The Labute approximate surface area is 71.3 Å². The first-order valence-electron chi connectivity index (χ1n) is 4.32. The molecule has 0 spiro atoms. The summed E-state index contributed by atoms with van der Waals surface area (Å²) < 4.78 is 10.6. The molecule has 0 N–H and O–H groups in total. The molecule has 0 saturated carbocycles. The van der Waals surface area contributed by atoms with Gasteiger partial charge in [0.15, 0.2) is 0 Å². The summed E-state index contributed by atoms with van der Waals surface area (Å²) in [4.78, 5) is 8.38. The van der Waals surface area contributed by atoms with Crippen LogP contribution in [0.1, 0.15) is 12.8 Å². The van der Waals surface area contributed by atoms with E-state index in [1.54, 1.807) is 0 Å². The molecule has 0 aromatic rings. The highest BCUT2D eigenvalue weighted by Crippen LogP contribution is 2.04. The van der Waals surface area contributed by atoms with Gasteiger partial charge in [0, 0.05) is 25.9 Å². The predicted octanol–water partition coefficient (Wildman–Crippen LogP) is 0.624. The maximum atomic E-state index is 5.31. The number of nitrogens with zero attached hydrogens (tertiary/aromatic N) is 2. The zero-order chi connectivity index (χ0) is 8.23. The molecular weight excluding hydrogens is 156 g/mol. The molecule has 0 radical (unpaired) electrons. The summed E-state index contributed by atoms with van der Waals surface area (Å²) in [7, 11) is 0. The molecular formula is C8H12N2O2. The van der Waals surface area contributed by atoms with Crippen molar-refractivity contribution in [2.45, 2.75) is 12.8 Å². The van der Waals surface area contributed by atoms with Gasteiger partial charge in [-0.25, -0.2) is 9.98 Å². The highest BCUT2D eigenvalue weighted by atomic mass is 16.5. The molecule has 4 heteroatoms. The molecule has 2 aliphatic rings. The van der Waals surface area contributed by atoms with Crippen LogP contribution in [0.5, 0.6) is 0 Å². The van der Waals surface area contributed by atoms with Crippen LogP contribution in [-0.2, 0) is 9.47 Å². The number of hydrogen-bond acceptors (Lipinski definition) is 4. The second-order valence-electron chi connectivity index (χ2n) is 2.78. The molecule has 2 aliphatic heterocycles. The van der Waals surface area contributed by atoms with Crippen LogP contribution in [-0.4, -0.2) is 38.1 Å². The molecule has 2 heterocycles. The molecule has 66 valence electrons. The van der Waals surface area contributed by atoms with Gasteiger partial charge in [0.25, 0.3) is 11.8 Å². The van der Waals surface area contributed by atoms with E-state index in [1.807, 2.05) is 0 Å². The summed E-state index contributed by atoms with van der Waals surface area (Å²) in [6, 6.07) is 0. The van der Waals surface area contributed by atoms with Crippen molar-refractivity contribution in [2.24, 2.45) is 9.98 Å². The number of ether oxygens (including phenoxy) is 2. The van der Waals surface area contributed by atoms with Crippen molar-refractivity contribution in [2.75, 3.05) is 26.3 Å². The minimum absolute atomic E-state index is 0.598. The number of hydrogen-bond donors (Lipinski definition) is 0. The van der Waals surface area contributed by atoms with Crippen molar-refractivity contribution in [1.29, 1.82) is 0 Å².